The molecular formula is C23H23NO3. The van der Waals surface area contributed by atoms with Gasteiger partial charge in [-0.05, 0) is 61.2 Å². The number of carbonyl (C=O) groups excluding carboxylic acids is 1. The van der Waals surface area contributed by atoms with Gasteiger partial charge in [0.05, 0.1) is 0 Å². The van der Waals surface area contributed by atoms with Crippen molar-refractivity contribution < 1.29 is 13.9 Å². The fourth-order valence-corrected chi connectivity index (χ4v) is 2.77. The fraction of sp³-hybridized carbons (Fsp3) is 0.174. The quantitative estimate of drug-likeness (QED) is 0.569. The van der Waals surface area contributed by atoms with E-state index < -0.39 is 0 Å². The zero-order chi connectivity index (χ0) is 19.2. The third-order valence-corrected chi connectivity index (χ3v) is 4.45. The first-order chi connectivity index (χ1) is 13.1. The summed E-state index contributed by atoms with van der Waals surface area (Å²) in [5.41, 5.74) is 4.01. The molecule has 138 valence electrons. The summed E-state index contributed by atoms with van der Waals surface area (Å²) in [5, 5.41) is 2.90. The van der Waals surface area contributed by atoms with Crippen molar-refractivity contribution in [1.82, 2.24) is 0 Å². The molecule has 0 atom stereocenters. The van der Waals surface area contributed by atoms with Crippen LogP contribution in [0.2, 0.25) is 0 Å². The van der Waals surface area contributed by atoms with E-state index in [0.29, 0.717) is 5.76 Å². The molecule has 1 aromatic heterocycles. The maximum atomic E-state index is 12.4. The number of carbonyl (C=O) groups is 1. The molecule has 0 bridgehead atoms. The Kier molecular flexibility index (Phi) is 5.77. The number of furan rings is 1. The Morgan fingerprint density at radius 3 is 2.74 bits per heavy atom. The molecule has 0 fully saturated rings. The Balaban J connectivity index is 1.65. The molecule has 0 unspecified atom stereocenters. The second-order valence-corrected chi connectivity index (χ2v) is 6.36. The number of aryl methyl sites for hydroxylation is 1. The number of anilines is 1. The minimum absolute atomic E-state index is 0.255. The fourth-order valence-electron chi connectivity index (χ4n) is 2.77. The molecule has 0 aliphatic rings. The van der Waals surface area contributed by atoms with Gasteiger partial charge in [0, 0.05) is 5.69 Å². The third kappa shape index (κ3) is 4.47. The summed E-state index contributed by atoms with van der Waals surface area (Å²) < 4.78 is 11.5. The van der Waals surface area contributed by atoms with Crippen LogP contribution in [0, 0.1) is 13.8 Å². The van der Waals surface area contributed by atoms with Gasteiger partial charge in [-0.25, -0.2) is 0 Å². The number of nitrogens with one attached hydrogen (secondary N) is 1. The first-order valence-electron chi connectivity index (χ1n) is 8.86. The van der Waals surface area contributed by atoms with Gasteiger partial charge in [0.15, 0.2) is 5.76 Å². The van der Waals surface area contributed by atoms with Crippen LogP contribution in [0.1, 0.15) is 33.0 Å². The highest BCUT2D eigenvalue weighted by molar-refractivity contribution is 6.02. The molecule has 1 heterocycles. The number of para-hydroxylation sites is 1. The van der Waals surface area contributed by atoms with Crippen LogP contribution in [0.4, 0.5) is 5.69 Å². The number of rotatable bonds is 7. The highest BCUT2D eigenvalue weighted by Crippen LogP contribution is 2.22. The van der Waals surface area contributed by atoms with E-state index in [9.17, 15) is 4.79 Å². The summed E-state index contributed by atoms with van der Waals surface area (Å²) in [6.07, 6.45) is 2.57. The zero-order valence-electron chi connectivity index (χ0n) is 15.6. The molecular weight excluding hydrogens is 338 g/mol. The Bertz CT molecular complexity index is 956. The maximum absolute atomic E-state index is 12.4. The Morgan fingerprint density at radius 2 is 1.93 bits per heavy atom. The van der Waals surface area contributed by atoms with E-state index in [0.717, 1.165) is 34.5 Å². The highest BCUT2D eigenvalue weighted by atomic mass is 16.5. The lowest BCUT2D eigenvalue weighted by atomic mass is 10.1. The van der Waals surface area contributed by atoms with Crippen LogP contribution in [0.3, 0.4) is 0 Å². The molecule has 4 nitrogen and oxygen atoms in total. The summed E-state index contributed by atoms with van der Waals surface area (Å²) in [7, 11) is 0. The van der Waals surface area contributed by atoms with Crippen LogP contribution in [0.25, 0.3) is 0 Å². The zero-order valence-corrected chi connectivity index (χ0v) is 15.6. The molecule has 3 aromatic rings. The predicted octanol–water partition coefficient (Wildman–Crippen LogP) is 5.46. The lowest BCUT2D eigenvalue weighted by Gasteiger charge is -2.09. The minimum Gasteiger partial charge on any atom is -0.485 e. The van der Waals surface area contributed by atoms with E-state index in [1.54, 1.807) is 12.1 Å². The van der Waals surface area contributed by atoms with Gasteiger partial charge in [-0.3, -0.25) is 4.79 Å². The molecule has 4 heteroatoms. The lowest BCUT2D eigenvalue weighted by molar-refractivity contribution is 0.0992. The van der Waals surface area contributed by atoms with Crippen LogP contribution in [-0.2, 0) is 13.0 Å². The number of benzene rings is 2. The molecule has 0 radical (unpaired) electrons. The summed E-state index contributed by atoms with van der Waals surface area (Å²) in [6.45, 7) is 8.01. The van der Waals surface area contributed by atoms with Gasteiger partial charge in [-0.1, -0.05) is 36.4 Å². The Hall–Kier alpha value is -3.27. The van der Waals surface area contributed by atoms with Crippen molar-refractivity contribution in [3.8, 4) is 5.75 Å². The maximum Gasteiger partial charge on any atom is 0.291 e. The molecule has 0 saturated heterocycles. The van der Waals surface area contributed by atoms with Crippen molar-refractivity contribution in [2.24, 2.45) is 0 Å². The Labute approximate surface area is 159 Å². The van der Waals surface area contributed by atoms with E-state index in [-0.39, 0.29) is 18.3 Å². The van der Waals surface area contributed by atoms with E-state index in [4.69, 9.17) is 9.15 Å². The number of amides is 1. The smallest absolute Gasteiger partial charge is 0.291 e. The van der Waals surface area contributed by atoms with Crippen molar-refractivity contribution in [3.63, 3.8) is 0 Å². The third-order valence-electron chi connectivity index (χ3n) is 4.45. The molecule has 2 aromatic carbocycles. The van der Waals surface area contributed by atoms with Gasteiger partial charge < -0.3 is 14.5 Å². The standard InChI is InChI=1S/C23H23NO3/c1-4-8-18-10-5-6-12-21(18)26-15-19-13-14-22(27-19)23(25)24-20-11-7-9-16(2)17(20)3/h4-7,9-14H,1,8,15H2,2-3H3,(H,24,25). The first-order valence-corrected chi connectivity index (χ1v) is 8.86. The SMILES string of the molecule is C=CCc1ccccc1OCc1ccc(C(=O)Nc2cccc(C)c2C)o1. The molecule has 0 aliphatic heterocycles. The number of ether oxygens (including phenoxy) is 1. The van der Waals surface area contributed by atoms with Crippen molar-refractivity contribution >= 4 is 11.6 Å². The lowest BCUT2D eigenvalue weighted by Crippen LogP contribution is -2.12. The number of allylic oxidation sites excluding steroid dienone is 1. The normalized spacial score (nSPS) is 10.4. The van der Waals surface area contributed by atoms with E-state index >= 15 is 0 Å². The number of hydrogen-bond acceptors (Lipinski definition) is 3. The summed E-state index contributed by atoms with van der Waals surface area (Å²) in [6, 6.07) is 17.0. The Morgan fingerprint density at radius 1 is 1.11 bits per heavy atom. The van der Waals surface area contributed by atoms with Gasteiger partial charge >= 0.3 is 0 Å². The monoisotopic (exact) mass is 361 g/mol. The summed E-state index contributed by atoms with van der Waals surface area (Å²) >= 11 is 0. The van der Waals surface area contributed by atoms with Gasteiger partial charge in [0.2, 0.25) is 0 Å². The number of hydrogen-bond donors (Lipinski definition) is 1. The molecule has 0 aliphatic carbocycles. The van der Waals surface area contributed by atoms with E-state index in [2.05, 4.69) is 11.9 Å². The second kappa shape index (κ2) is 8.41. The van der Waals surface area contributed by atoms with Crippen LogP contribution in [-0.4, -0.2) is 5.91 Å². The average molecular weight is 361 g/mol. The summed E-state index contributed by atoms with van der Waals surface area (Å²) in [5.74, 6) is 1.36. The van der Waals surface area contributed by atoms with Crippen molar-refractivity contribution in [2.45, 2.75) is 26.9 Å². The molecule has 1 amide bonds. The van der Waals surface area contributed by atoms with Crippen molar-refractivity contribution in [2.75, 3.05) is 5.32 Å². The molecule has 27 heavy (non-hydrogen) atoms. The first kappa shape index (κ1) is 18.5. The second-order valence-electron chi connectivity index (χ2n) is 6.36. The predicted molar refractivity (Wildman–Crippen MR) is 107 cm³/mol. The largest absolute Gasteiger partial charge is 0.485 e. The minimum atomic E-state index is -0.276. The van der Waals surface area contributed by atoms with Gasteiger partial charge in [0.25, 0.3) is 5.91 Å². The van der Waals surface area contributed by atoms with Gasteiger partial charge in [-0.2, -0.15) is 0 Å². The summed E-state index contributed by atoms with van der Waals surface area (Å²) in [4.78, 5) is 12.4. The van der Waals surface area contributed by atoms with Gasteiger partial charge in [-0.15, -0.1) is 6.58 Å². The molecule has 3 rings (SSSR count). The van der Waals surface area contributed by atoms with Gasteiger partial charge in [0.1, 0.15) is 18.1 Å². The van der Waals surface area contributed by atoms with Crippen molar-refractivity contribution in [1.29, 1.82) is 0 Å². The van der Waals surface area contributed by atoms with Crippen LogP contribution < -0.4 is 10.1 Å². The van der Waals surface area contributed by atoms with E-state index in [1.807, 2.05) is 62.4 Å². The molecule has 0 spiro atoms. The topological polar surface area (TPSA) is 51.5 Å². The van der Waals surface area contributed by atoms with Crippen LogP contribution in [0.5, 0.6) is 5.75 Å². The molecule has 0 saturated carbocycles. The van der Waals surface area contributed by atoms with E-state index in [1.165, 1.54) is 0 Å². The average Bonchev–Trinajstić information content (AvgIpc) is 3.14. The van der Waals surface area contributed by atoms with Crippen LogP contribution in [0.15, 0.2) is 71.7 Å². The molecule has 1 N–H and O–H groups in total. The van der Waals surface area contributed by atoms with Crippen molar-refractivity contribution in [3.05, 3.63) is 95.5 Å². The van der Waals surface area contributed by atoms with Crippen LogP contribution >= 0.6 is 0 Å². The highest BCUT2D eigenvalue weighted by Gasteiger charge is 2.13.